The lowest BCUT2D eigenvalue weighted by atomic mass is 10.0. The average Bonchev–Trinajstić information content (AvgIpc) is 2.79. The molecule has 1 atom stereocenters. The quantitative estimate of drug-likeness (QED) is 0.666. The van der Waals surface area contributed by atoms with Crippen LogP contribution in [0.25, 0.3) is 0 Å². The van der Waals surface area contributed by atoms with Crippen molar-refractivity contribution in [3.63, 3.8) is 0 Å². The minimum Gasteiger partial charge on any atom is -0.335 e. The summed E-state index contributed by atoms with van der Waals surface area (Å²) >= 11 is 1.70. The molecule has 1 amide bonds. The van der Waals surface area contributed by atoms with Gasteiger partial charge in [0, 0.05) is 43.2 Å². The fourth-order valence-corrected chi connectivity index (χ4v) is 4.18. The molecule has 0 spiro atoms. The van der Waals surface area contributed by atoms with Gasteiger partial charge in [-0.3, -0.25) is 4.79 Å². The number of carbonyl (C=O) groups is 1. The van der Waals surface area contributed by atoms with Gasteiger partial charge in [0.2, 0.25) is 0 Å². The number of rotatable bonds is 5. The third-order valence-corrected chi connectivity index (χ3v) is 5.90. The topological polar surface area (TPSA) is 45.2 Å². The number of nitrogens with one attached hydrogen (secondary N) is 1. The van der Waals surface area contributed by atoms with E-state index in [2.05, 4.69) is 22.4 Å². The SMILES string of the molecule is O=C(c1ccc(CSc2ccccn2)cc1)N1CCNC(c2ccccc2)C1. The summed E-state index contributed by atoms with van der Waals surface area (Å²) in [4.78, 5) is 19.2. The standard InChI is InChI=1S/C23H23N3OS/c27-23(26-15-14-24-21(16-26)19-6-2-1-3-7-19)20-11-9-18(10-12-20)17-28-22-8-4-5-13-25-22/h1-13,21,24H,14-17H2. The molecule has 28 heavy (non-hydrogen) atoms. The Morgan fingerprint density at radius 1 is 1.04 bits per heavy atom. The van der Waals surface area contributed by atoms with Gasteiger partial charge >= 0.3 is 0 Å². The number of piperazine rings is 1. The van der Waals surface area contributed by atoms with Gasteiger partial charge in [-0.15, -0.1) is 11.8 Å². The molecule has 3 aromatic rings. The molecule has 1 N–H and O–H groups in total. The number of hydrogen-bond acceptors (Lipinski definition) is 4. The Morgan fingerprint density at radius 3 is 2.57 bits per heavy atom. The number of aromatic nitrogens is 1. The van der Waals surface area contributed by atoms with E-state index in [4.69, 9.17) is 0 Å². The Kier molecular flexibility index (Phi) is 6.04. The lowest BCUT2D eigenvalue weighted by molar-refractivity contribution is 0.0703. The molecule has 1 aliphatic rings. The van der Waals surface area contributed by atoms with E-state index in [9.17, 15) is 4.79 Å². The van der Waals surface area contributed by atoms with E-state index in [0.29, 0.717) is 6.54 Å². The molecular formula is C23H23N3OS. The molecule has 1 saturated heterocycles. The van der Waals surface area contributed by atoms with Gasteiger partial charge in [-0.25, -0.2) is 4.98 Å². The van der Waals surface area contributed by atoms with Crippen LogP contribution in [0, 0.1) is 0 Å². The first kappa shape index (κ1) is 18.7. The molecule has 4 nitrogen and oxygen atoms in total. The van der Waals surface area contributed by atoms with Gasteiger partial charge in [-0.05, 0) is 35.4 Å². The first-order valence-electron chi connectivity index (χ1n) is 9.50. The summed E-state index contributed by atoms with van der Waals surface area (Å²) in [6.07, 6.45) is 1.81. The van der Waals surface area contributed by atoms with Crippen molar-refractivity contribution >= 4 is 17.7 Å². The second-order valence-electron chi connectivity index (χ2n) is 6.82. The van der Waals surface area contributed by atoms with E-state index in [1.165, 1.54) is 11.1 Å². The van der Waals surface area contributed by atoms with Crippen LogP contribution in [0.2, 0.25) is 0 Å². The molecule has 1 fully saturated rings. The maximum atomic E-state index is 13.0. The lowest BCUT2D eigenvalue weighted by Crippen LogP contribution is -2.48. The van der Waals surface area contributed by atoms with Gasteiger partial charge in [0.05, 0.1) is 5.03 Å². The molecule has 0 radical (unpaired) electrons. The van der Waals surface area contributed by atoms with Crippen LogP contribution in [0.4, 0.5) is 0 Å². The largest absolute Gasteiger partial charge is 0.335 e. The number of hydrogen-bond donors (Lipinski definition) is 1. The highest BCUT2D eigenvalue weighted by Gasteiger charge is 2.24. The van der Waals surface area contributed by atoms with Crippen molar-refractivity contribution in [2.24, 2.45) is 0 Å². The van der Waals surface area contributed by atoms with Gasteiger partial charge in [0.15, 0.2) is 0 Å². The highest BCUT2D eigenvalue weighted by molar-refractivity contribution is 7.98. The van der Waals surface area contributed by atoms with E-state index in [-0.39, 0.29) is 11.9 Å². The predicted octanol–water partition coefficient (Wildman–Crippen LogP) is 4.16. The highest BCUT2D eigenvalue weighted by atomic mass is 32.2. The van der Waals surface area contributed by atoms with Crippen LogP contribution in [0.15, 0.2) is 84.0 Å². The molecule has 1 unspecified atom stereocenters. The second kappa shape index (κ2) is 9.04. The van der Waals surface area contributed by atoms with Crippen LogP contribution in [0.5, 0.6) is 0 Å². The molecule has 0 bridgehead atoms. The van der Waals surface area contributed by atoms with Crippen molar-refractivity contribution in [1.82, 2.24) is 15.2 Å². The summed E-state index contributed by atoms with van der Waals surface area (Å²) < 4.78 is 0. The molecule has 2 heterocycles. The van der Waals surface area contributed by atoms with Crippen molar-refractivity contribution < 1.29 is 4.79 Å². The van der Waals surface area contributed by atoms with Crippen LogP contribution in [-0.2, 0) is 5.75 Å². The Labute approximate surface area is 170 Å². The Balaban J connectivity index is 1.37. The first-order valence-corrected chi connectivity index (χ1v) is 10.5. The van der Waals surface area contributed by atoms with E-state index < -0.39 is 0 Å². The summed E-state index contributed by atoms with van der Waals surface area (Å²) in [7, 11) is 0. The van der Waals surface area contributed by atoms with Gasteiger partial charge in [-0.2, -0.15) is 0 Å². The molecule has 1 aromatic heterocycles. The fourth-order valence-electron chi connectivity index (χ4n) is 3.36. The highest BCUT2D eigenvalue weighted by Crippen LogP contribution is 2.22. The number of pyridine rings is 1. The maximum Gasteiger partial charge on any atom is 0.253 e. The van der Waals surface area contributed by atoms with Crippen LogP contribution in [-0.4, -0.2) is 35.4 Å². The molecule has 5 heteroatoms. The average molecular weight is 390 g/mol. The van der Waals surface area contributed by atoms with Crippen LogP contribution in [0.1, 0.15) is 27.5 Å². The smallest absolute Gasteiger partial charge is 0.253 e. The fraction of sp³-hybridized carbons (Fsp3) is 0.217. The minimum absolute atomic E-state index is 0.103. The summed E-state index contributed by atoms with van der Waals surface area (Å²) in [5.74, 6) is 0.946. The Morgan fingerprint density at radius 2 is 1.82 bits per heavy atom. The maximum absolute atomic E-state index is 13.0. The summed E-state index contributed by atoms with van der Waals surface area (Å²) in [5, 5.41) is 4.52. The van der Waals surface area contributed by atoms with Gasteiger partial charge in [0.25, 0.3) is 5.91 Å². The zero-order valence-electron chi connectivity index (χ0n) is 15.6. The second-order valence-corrected chi connectivity index (χ2v) is 7.82. The normalized spacial score (nSPS) is 16.7. The van der Waals surface area contributed by atoms with Crippen LogP contribution < -0.4 is 5.32 Å². The number of thioether (sulfide) groups is 1. The first-order chi connectivity index (χ1) is 13.8. The lowest BCUT2D eigenvalue weighted by Gasteiger charge is -2.34. The number of amides is 1. The van der Waals surface area contributed by atoms with Crippen molar-refractivity contribution in [1.29, 1.82) is 0 Å². The Hall–Kier alpha value is -2.63. The van der Waals surface area contributed by atoms with E-state index >= 15 is 0 Å². The van der Waals surface area contributed by atoms with Crippen LogP contribution in [0.3, 0.4) is 0 Å². The zero-order chi connectivity index (χ0) is 19.2. The van der Waals surface area contributed by atoms with Crippen LogP contribution >= 0.6 is 11.8 Å². The van der Waals surface area contributed by atoms with Crippen molar-refractivity contribution in [2.45, 2.75) is 16.8 Å². The van der Waals surface area contributed by atoms with E-state index in [1.807, 2.05) is 65.6 Å². The monoisotopic (exact) mass is 389 g/mol. The predicted molar refractivity (Wildman–Crippen MR) is 113 cm³/mol. The van der Waals surface area contributed by atoms with E-state index in [1.54, 1.807) is 18.0 Å². The third kappa shape index (κ3) is 4.61. The number of benzene rings is 2. The molecule has 1 aliphatic heterocycles. The summed E-state index contributed by atoms with van der Waals surface area (Å²) in [5.41, 5.74) is 3.16. The molecule has 0 saturated carbocycles. The molecule has 142 valence electrons. The molecule has 2 aromatic carbocycles. The minimum atomic E-state index is 0.103. The van der Waals surface area contributed by atoms with Gasteiger partial charge < -0.3 is 10.2 Å². The Bertz CT molecular complexity index is 900. The molecular weight excluding hydrogens is 366 g/mol. The van der Waals surface area contributed by atoms with Gasteiger partial charge in [-0.1, -0.05) is 48.5 Å². The summed E-state index contributed by atoms with van der Waals surface area (Å²) in [6.45, 7) is 2.24. The van der Waals surface area contributed by atoms with E-state index in [0.717, 1.165) is 29.4 Å². The third-order valence-electron chi connectivity index (χ3n) is 4.89. The number of carbonyl (C=O) groups excluding carboxylic acids is 1. The zero-order valence-corrected chi connectivity index (χ0v) is 16.4. The van der Waals surface area contributed by atoms with Crippen molar-refractivity contribution in [3.05, 3.63) is 95.7 Å². The summed E-state index contributed by atoms with van der Waals surface area (Å²) in [6, 6.07) is 24.4. The molecule has 0 aliphatic carbocycles. The molecule has 4 rings (SSSR count). The van der Waals surface area contributed by atoms with Crippen molar-refractivity contribution in [3.8, 4) is 0 Å². The van der Waals surface area contributed by atoms with Crippen molar-refractivity contribution in [2.75, 3.05) is 19.6 Å². The van der Waals surface area contributed by atoms with Gasteiger partial charge in [0.1, 0.15) is 0 Å². The number of nitrogens with zero attached hydrogens (tertiary/aromatic N) is 2.